The molecule has 1 aromatic rings. The average molecular weight is 297 g/mol. The molecular weight excluding hydrogens is 274 g/mol. The van der Waals surface area contributed by atoms with Gasteiger partial charge in [-0.2, -0.15) is 5.26 Å². The first-order valence-electron chi connectivity index (χ1n) is 7.62. The smallest absolute Gasteiger partial charge is 0.180 e. The van der Waals surface area contributed by atoms with Crippen molar-refractivity contribution < 1.29 is 4.79 Å². The van der Waals surface area contributed by atoms with Gasteiger partial charge in [-0.25, -0.2) is 0 Å². The second kappa shape index (κ2) is 6.65. The van der Waals surface area contributed by atoms with Crippen LogP contribution >= 0.6 is 0 Å². The van der Waals surface area contributed by atoms with Gasteiger partial charge in [0, 0.05) is 43.5 Å². The van der Waals surface area contributed by atoms with E-state index in [0.717, 1.165) is 26.2 Å². The van der Waals surface area contributed by atoms with E-state index in [4.69, 9.17) is 0 Å². The van der Waals surface area contributed by atoms with Crippen molar-refractivity contribution >= 4 is 11.5 Å². The Morgan fingerprint density at radius 2 is 1.73 bits per heavy atom. The Kier molecular flexibility index (Phi) is 4.87. The molecule has 1 aliphatic heterocycles. The summed E-state index contributed by atoms with van der Waals surface area (Å²) in [6.07, 6.45) is 1.73. The minimum Gasteiger partial charge on any atom is -0.373 e. The molecule has 22 heavy (non-hydrogen) atoms. The molecule has 0 bridgehead atoms. The number of carbonyl (C=O) groups excluding carboxylic acids is 1. The number of allylic oxidation sites excluding steroid dienone is 1. The van der Waals surface area contributed by atoms with E-state index in [2.05, 4.69) is 28.0 Å². The molecule has 0 saturated carbocycles. The summed E-state index contributed by atoms with van der Waals surface area (Å²) in [4.78, 5) is 16.6. The number of para-hydroxylation sites is 1. The SMILES string of the molecule is CC(C)(C)C(=O)/C(C#N)=C/N1CCN(c2ccccc2)CC1. The number of rotatable bonds is 3. The van der Waals surface area contributed by atoms with Gasteiger partial charge in [0.05, 0.1) is 0 Å². The van der Waals surface area contributed by atoms with Gasteiger partial charge in [-0.1, -0.05) is 39.0 Å². The van der Waals surface area contributed by atoms with Crippen molar-refractivity contribution in [3.63, 3.8) is 0 Å². The van der Waals surface area contributed by atoms with Crippen LogP contribution in [0, 0.1) is 16.7 Å². The molecule has 4 nitrogen and oxygen atoms in total. The van der Waals surface area contributed by atoms with Crippen molar-refractivity contribution in [3.8, 4) is 6.07 Å². The van der Waals surface area contributed by atoms with E-state index in [1.165, 1.54) is 5.69 Å². The molecular formula is C18H23N3O. The number of hydrogen-bond acceptors (Lipinski definition) is 4. The summed E-state index contributed by atoms with van der Waals surface area (Å²) in [5, 5.41) is 9.24. The first kappa shape index (κ1) is 16.1. The van der Waals surface area contributed by atoms with Gasteiger partial charge in [0.1, 0.15) is 11.6 Å². The zero-order valence-electron chi connectivity index (χ0n) is 13.5. The summed E-state index contributed by atoms with van der Waals surface area (Å²) in [7, 11) is 0. The average Bonchev–Trinajstić information content (AvgIpc) is 2.52. The zero-order valence-corrected chi connectivity index (χ0v) is 13.5. The van der Waals surface area contributed by atoms with Crippen LogP contribution in [0.25, 0.3) is 0 Å². The summed E-state index contributed by atoms with van der Waals surface area (Å²) in [6, 6.07) is 12.4. The Hall–Kier alpha value is -2.28. The molecule has 0 radical (unpaired) electrons. The topological polar surface area (TPSA) is 47.3 Å². The molecule has 0 atom stereocenters. The normalized spacial score (nSPS) is 16.4. The summed E-state index contributed by atoms with van der Waals surface area (Å²) in [5.74, 6) is -0.0968. The van der Waals surface area contributed by atoms with E-state index >= 15 is 0 Å². The lowest BCUT2D eigenvalue weighted by Crippen LogP contribution is -2.44. The first-order chi connectivity index (χ1) is 10.4. The lowest BCUT2D eigenvalue weighted by molar-refractivity contribution is -0.122. The molecule has 0 spiro atoms. The lowest BCUT2D eigenvalue weighted by Gasteiger charge is -2.35. The monoisotopic (exact) mass is 297 g/mol. The maximum Gasteiger partial charge on any atom is 0.180 e. The molecule has 0 N–H and O–H groups in total. The molecule has 4 heteroatoms. The third kappa shape index (κ3) is 3.88. The summed E-state index contributed by atoms with van der Waals surface area (Å²) < 4.78 is 0. The van der Waals surface area contributed by atoms with Gasteiger partial charge in [0.15, 0.2) is 5.78 Å². The molecule has 0 aromatic heterocycles. The molecule has 0 amide bonds. The van der Waals surface area contributed by atoms with E-state index in [0.29, 0.717) is 0 Å². The van der Waals surface area contributed by atoms with Gasteiger partial charge in [0.25, 0.3) is 0 Å². The van der Waals surface area contributed by atoms with Crippen molar-refractivity contribution in [1.82, 2.24) is 4.90 Å². The van der Waals surface area contributed by atoms with Crippen LogP contribution in [0.5, 0.6) is 0 Å². The van der Waals surface area contributed by atoms with Gasteiger partial charge in [-0.05, 0) is 12.1 Å². The van der Waals surface area contributed by atoms with Crippen molar-refractivity contribution in [2.24, 2.45) is 5.41 Å². The molecule has 116 valence electrons. The predicted molar refractivity (Wildman–Crippen MR) is 88.4 cm³/mol. The van der Waals surface area contributed by atoms with E-state index in [-0.39, 0.29) is 11.4 Å². The molecule has 2 rings (SSSR count). The fourth-order valence-corrected chi connectivity index (χ4v) is 2.47. The largest absolute Gasteiger partial charge is 0.373 e. The van der Waals surface area contributed by atoms with Crippen molar-refractivity contribution in [2.45, 2.75) is 20.8 Å². The van der Waals surface area contributed by atoms with Crippen molar-refractivity contribution in [1.29, 1.82) is 5.26 Å². The van der Waals surface area contributed by atoms with E-state index in [1.807, 2.05) is 39.0 Å². The van der Waals surface area contributed by atoms with Crippen LogP contribution in [0.3, 0.4) is 0 Å². The number of carbonyl (C=O) groups is 1. The summed E-state index contributed by atoms with van der Waals surface area (Å²) in [5.41, 5.74) is 0.950. The number of benzene rings is 1. The molecule has 1 fully saturated rings. The highest BCUT2D eigenvalue weighted by atomic mass is 16.1. The van der Waals surface area contributed by atoms with Gasteiger partial charge in [-0.15, -0.1) is 0 Å². The second-order valence-corrected chi connectivity index (χ2v) is 6.59. The number of anilines is 1. The maximum absolute atomic E-state index is 12.2. The van der Waals surface area contributed by atoms with Gasteiger partial charge < -0.3 is 9.80 Å². The standard InChI is InChI=1S/C18H23N3O/c1-18(2,3)17(22)15(13-19)14-20-9-11-21(12-10-20)16-7-5-4-6-8-16/h4-8,14H,9-12H2,1-3H3/b15-14+. The first-order valence-corrected chi connectivity index (χ1v) is 7.62. The number of hydrogen-bond donors (Lipinski definition) is 0. The van der Waals surface area contributed by atoms with Gasteiger partial charge in [-0.3, -0.25) is 4.79 Å². The molecule has 0 aliphatic carbocycles. The van der Waals surface area contributed by atoms with Gasteiger partial charge >= 0.3 is 0 Å². The van der Waals surface area contributed by atoms with Crippen LogP contribution in [-0.2, 0) is 4.79 Å². The molecule has 1 aliphatic rings. The Balaban J connectivity index is 2.01. The fourth-order valence-electron chi connectivity index (χ4n) is 2.47. The Morgan fingerprint density at radius 3 is 2.23 bits per heavy atom. The Morgan fingerprint density at radius 1 is 1.14 bits per heavy atom. The Labute approximate surface area is 132 Å². The Bertz CT molecular complexity index is 585. The van der Waals surface area contributed by atoms with E-state index in [9.17, 15) is 10.1 Å². The van der Waals surface area contributed by atoms with Crippen molar-refractivity contribution in [2.75, 3.05) is 31.1 Å². The van der Waals surface area contributed by atoms with Gasteiger partial charge in [0.2, 0.25) is 0 Å². The molecule has 1 aromatic carbocycles. The molecule has 0 unspecified atom stereocenters. The third-order valence-corrected chi connectivity index (χ3v) is 3.79. The number of nitrogens with zero attached hydrogens (tertiary/aromatic N) is 3. The lowest BCUT2D eigenvalue weighted by atomic mass is 9.87. The van der Waals surface area contributed by atoms with Crippen LogP contribution < -0.4 is 4.90 Å². The van der Waals surface area contributed by atoms with Crippen LogP contribution in [0.4, 0.5) is 5.69 Å². The van der Waals surface area contributed by atoms with Crippen molar-refractivity contribution in [3.05, 3.63) is 42.1 Å². The fraction of sp³-hybridized carbons (Fsp3) is 0.444. The van der Waals surface area contributed by atoms with E-state index in [1.54, 1.807) is 6.20 Å². The van der Waals surface area contributed by atoms with E-state index < -0.39 is 5.41 Å². The number of Topliss-reactive ketones (excluding diaryl/α,β-unsaturated/α-hetero) is 1. The van der Waals surface area contributed by atoms with Crippen LogP contribution in [0.2, 0.25) is 0 Å². The highest BCUT2D eigenvalue weighted by molar-refractivity contribution is 6.02. The summed E-state index contributed by atoms with van der Waals surface area (Å²) in [6.45, 7) is 8.94. The van der Waals surface area contributed by atoms with Crippen LogP contribution in [-0.4, -0.2) is 36.9 Å². The number of piperazine rings is 1. The number of nitriles is 1. The minimum atomic E-state index is -0.520. The molecule has 1 saturated heterocycles. The van der Waals surface area contributed by atoms with Crippen LogP contribution in [0.15, 0.2) is 42.1 Å². The van der Waals surface area contributed by atoms with Crippen LogP contribution in [0.1, 0.15) is 20.8 Å². The number of ketones is 1. The maximum atomic E-state index is 12.2. The highest BCUT2D eigenvalue weighted by Crippen LogP contribution is 2.21. The highest BCUT2D eigenvalue weighted by Gasteiger charge is 2.26. The minimum absolute atomic E-state index is 0.0968. The second-order valence-electron chi connectivity index (χ2n) is 6.59. The summed E-state index contributed by atoms with van der Waals surface area (Å²) >= 11 is 0. The molecule has 1 heterocycles. The quantitative estimate of drug-likeness (QED) is 0.636. The zero-order chi connectivity index (χ0) is 16.2. The third-order valence-electron chi connectivity index (χ3n) is 3.79. The predicted octanol–water partition coefficient (Wildman–Crippen LogP) is 2.83.